The number of anilines is 1. The van der Waals surface area contributed by atoms with Gasteiger partial charge in [0, 0.05) is 43.5 Å². The van der Waals surface area contributed by atoms with E-state index in [4.69, 9.17) is 38.8 Å². The van der Waals surface area contributed by atoms with Crippen LogP contribution < -0.4 is 16.0 Å². The number of hydrogen-bond donors (Lipinski definition) is 4. The molecule has 0 fully saturated rings. The first kappa shape index (κ1) is 28.3. The molecule has 0 bridgehead atoms. The van der Waals surface area contributed by atoms with Gasteiger partial charge in [-0.2, -0.15) is 0 Å². The van der Waals surface area contributed by atoms with Gasteiger partial charge in [0.05, 0.1) is 6.61 Å². The minimum absolute atomic E-state index is 0.0972. The number of benzene rings is 1. The minimum atomic E-state index is -1.11. The van der Waals surface area contributed by atoms with Crippen molar-refractivity contribution in [3.8, 4) is 0 Å². The smallest absolute Gasteiger partial charge is 0.408 e. The predicted molar refractivity (Wildman–Crippen MR) is 121 cm³/mol. The number of carboxylic acids is 1. The Bertz CT molecular complexity index is 597. The highest BCUT2D eigenvalue weighted by atomic mass is 35.5. The molecule has 1 aromatic carbocycles. The standard InChI is InChI=1S/C18H26Cl2N2O4.C2H7NO/c1-3-13(2)26-18(25)21-16(17(23)24)12-14-4-6-15(7-5-14)22(10-8-19)11-9-20;3-1-2-4/h4-7,13,16H,3,8-12H2,1-2H3,(H,21,25)(H,23,24);4H,1-3H2/t13?,16-;/m0./s1. The van der Waals surface area contributed by atoms with E-state index in [1.54, 1.807) is 6.92 Å². The van der Waals surface area contributed by atoms with Gasteiger partial charge in [0.25, 0.3) is 0 Å². The Kier molecular flexibility index (Phi) is 16.0. The van der Waals surface area contributed by atoms with Gasteiger partial charge in [-0.3, -0.25) is 0 Å². The number of carbonyl (C=O) groups excluding carboxylic acids is 1. The Morgan fingerprint density at radius 2 is 1.73 bits per heavy atom. The number of nitrogens with zero attached hydrogens (tertiary/aromatic N) is 1. The van der Waals surface area contributed by atoms with E-state index < -0.39 is 18.1 Å². The van der Waals surface area contributed by atoms with E-state index in [2.05, 4.69) is 10.2 Å². The maximum atomic E-state index is 11.8. The van der Waals surface area contributed by atoms with Crippen molar-refractivity contribution < 1.29 is 24.5 Å². The third-order valence-electron chi connectivity index (χ3n) is 4.05. The van der Waals surface area contributed by atoms with Gasteiger partial charge in [-0.15, -0.1) is 23.2 Å². The highest BCUT2D eigenvalue weighted by molar-refractivity contribution is 6.18. The Morgan fingerprint density at radius 1 is 1.20 bits per heavy atom. The molecule has 1 rings (SSSR count). The van der Waals surface area contributed by atoms with E-state index >= 15 is 0 Å². The summed E-state index contributed by atoms with van der Waals surface area (Å²) >= 11 is 11.6. The largest absolute Gasteiger partial charge is 0.480 e. The monoisotopic (exact) mass is 465 g/mol. The fourth-order valence-corrected chi connectivity index (χ4v) is 2.70. The molecule has 1 aromatic rings. The first-order valence-electron chi connectivity index (χ1n) is 9.79. The number of ether oxygens (including phenoxy) is 1. The van der Waals surface area contributed by atoms with Crippen LogP contribution in [0.5, 0.6) is 0 Å². The van der Waals surface area contributed by atoms with Crippen LogP contribution in [0, 0.1) is 0 Å². The molecule has 2 atom stereocenters. The van der Waals surface area contributed by atoms with E-state index in [1.807, 2.05) is 31.2 Å². The lowest BCUT2D eigenvalue weighted by molar-refractivity contribution is -0.139. The molecule has 0 aliphatic heterocycles. The molecule has 172 valence electrons. The molecular weight excluding hydrogens is 433 g/mol. The van der Waals surface area contributed by atoms with Crippen molar-refractivity contribution in [3.05, 3.63) is 29.8 Å². The van der Waals surface area contributed by atoms with Crippen LogP contribution >= 0.6 is 23.2 Å². The minimum Gasteiger partial charge on any atom is -0.480 e. The molecule has 0 aromatic heterocycles. The average Bonchev–Trinajstić information content (AvgIpc) is 2.73. The SMILES string of the molecule is CCC(C)OC(=O)N[C@@H](Cc1ccc(N(CCCl)CCCl)cc1)C(=O)O.NCCO. The summed E-state index contributed by atoms with van der Waals surface area (Å²) in [6.45, 7) is 5.45. The van der Waals surface area contributed by atoms with Crippen LogP contribution in [0.2, 0.25) is 0 Å². The molecule has 0 radical (unpaired) electrons. The second kappa shape index (κ2) is 17.0. The van der Waals surface area contributed by atoms with Crippen molar-refractivity contribution in [2.24, 2.45) is 5.73 Å². The summed E-state index contributed by atoms with van der Waals surface area (Å²) in [5, 5.41) is 19.5. The Morgan fingerprint density at radius 3 is 2.13 bits per heavy atom. The summed E-state index contributed by atoms with van der Waals surface area (Å²) in [7, 11) is 0. The van der Waals surface area contributed by atoms with E-state index in [1.165, 1.54) is 0 Å². The van der Waals surface area contributed by atoms with Crippen LogP contribution in [0.1, 0.15) is 25.8 Å². The number of amides is 1. The van der Waals surface area contributed by atoms with Crippen LogP contribution in [0.25, 0.3) is 0 Å². The number of alkyl carbamates (subject to hydrolysis) is 1. The van der Waals surface area contributed by atoms with E-state index in [0.29, 0.717) is 37.8 Å². The van der Waals surface area contributed by atoms with Crippen molar-refractivity contribution in [2.45, 2.75) is 38.8 Å². The molecule has 1 unspecified atom stereocenters. The molecule has 5 N–H and O–H groups in total. The van der Waals surface area contributed by atoms with Gasteiger partial charge in [0.15, 0.2) is 0 Å². The fraction of sp³-hybridized carbons (Fsp3) is 0.600. The van der Waals surface area contributed by atoms with Gasteiger partial charge in [-0.05, 0) is 31.0 Å². The van der Waals surface area contributed by atoms with Crippen LogP contribution in [-0.2, 0) is 16.0 Å². The summed E-state index contributed by atoms with van der Waals surface area (Å²) in [6.07, 6.45) is -0.165. The quantitative estimate of drug-likeness (QED) is 0.349. The number of halogens is 2. The Hall–Kier alpha value is -1.74. The second-order valence-corrected chi connectivity index (χ2v) is 7.16. The molecule has 0 saturated heterocycles. The average molecular weight is 466 g/mol. The molecule has 0 spiro atoms. The number of carboxylic acid groups (broad SMARTS) is 1. The molecule has 0 aliphatic carbocycles. The van der Waals surface area contributed by atoms with Crippen molar-refractivity contribution in [2.75, 3.05) is 42.9 Å². The van der Waals surface area contributed by atoms with Gasteiger partial charge in [-0.25, -0.2) is 9.59 Å². The molecule has 0 heterocycles. The van der Waals surface area contributed by atoms with Gasteiger partial charge in [0.1, 0.15) is 12.1 Å². The summed E-state index contributed by atoms with van der Waals surface area (Å²) in [4.78, 5) is 25.3. The van der Waals surface area contributed by atoms with Crippen molar-refractivity contribution in [1.29, 1.82) is 0 Å². The molecule has 8 nitrogen and oxygen atoms in total. The third kappa shape index (κ3) is 12.1. The molecule has 0 aliphatic rings. The zero-order chi connectivity index (χ0) is 22.9. The highest BCUT2D eigenvalue weighted by Crippen LogP contribution is 2.17. The number of aliphatic hydroxyl groups excluding tert-OH is 1. The van der Waals surface area contributed by atoms with Crippen LogP contribution in [0.4, 0.5) is 10.5 Å². The van der Waals surface area contributed by atoms with Crippen molar-refractivity contribution in [3.63, 3.8) is 0 Å². The van der Waals surface area contributed by atoms with E-state index in [0.717, 1.165) is 11.3 Å². The molecule has 30 heavy (non-hydrogen) atoms. The number of aliphatic carboxylic acids is 1. The predicted octanol–water partition coefficient (Wildman–Crippen LogP) is 2.43. The highest BCUT2D eigenvalue weighted by Gasteiger charge is 2.22. The number of hydrogen-bond acceptors (Lipinski definition) is 6. The lowest BCUT2D eigenvalue weighted by atomic mass is 10.1. The first-order chi connectivity index (χ1) is 14.3. The molecule has 10 heteroatoms. The third-order valence-corrected chi connectivity index (χ3v) is 4.39. The maximum absolute atomic E-state index is 11.8. The Labute approximate surface area is 188 Å². The zero-order valence-corrected chi connectivity index (χ0v) is 19.0. The topological polar surface area (TPSA) is 125 Å². The normalized spacial score (nSPS) is 12.2. The summed E-state index contributed by atoms with van der Waals surface area (Å²) < 4.78 is 5.08. The van der Waals surface area contributed by atoms with Gasteiger partial charge < -0.3 is 30.9 Å². The molecule has 0 saturated carbocycles. The summed E-state index contributed by atoms with van der Waals surface area (Å²) in [6, 6.07) is 6.40. The number of nitrogens with one attached hydrogen (secondary N) is 1. The zero-order valence-electron chi connectivity index (χ0n) is 17.5. The number of nitrogens with two attached hydrogens (primary N) is 1. The Balaban J connectivity index is 0.00000192. The van der Waals surface area contributed by atoms with E-state index in [9.17, 15) is 14.7 Å². The van der Waals surface area contributed by atoms with Crippen LogP contribution in [0.3, 0.4) is 0 Å². The summed E-state index contributed by atoms with van der Waals surface area (Å²) in [5.74, 6) is -0.134. The molecular formula is C20H33Cl2N3O5. The van der Waals surface area contributed by atoms with Crippen LogP contribution in [-0.4, -0.2) is 72.4 Å². The van der Waals surface area contributed by atoms with Crippen molar-refractivity contribution >= 4 is 41.0 Å². The lowest BCUT2D eigenvalue weighted by Crippen LogP contribution is -2.43. The second-order valence-electron chi connectivity index (χ2n) is 6.41. The maximum Gasteiger partial charge on any atom is 0.408 e. The fourth-order valence-electron chi connectivity index (χ4n) is 2.30. The van der Waals surface area contributed by atoms with Crippen molar-refractivity contribution in [1.82, 2.24) is 5.32 Å². The first-order valence-corrected chi connectivity index (χ1v) is 10.9. The summed E-state index contributed by atoms with van der Waals surface area (Å²) in [5.41, 5.74) is 6.53. The molecule has 1 amide bonds. The lowest BCUT2D eigenvalue weighted by Gasteiger charge is -2.23. The number of rotatable bonds is 12. The number of aliphatic hydroxyl groups is 1. The van der Waals surface area contributed by atoms with E-state index in [-0.39, 0.29) is 19.1 Å². The number of alkyl halides is 2. The van der Waals surface area contributed by atoms with Crippen LogP contribution in [0.15, 0.2) is 24.3 Å². The van der Waals surface area contributed by atoms with Gasteiger partial charge >= 0.3 is 12.1 Å². The van der Waals surface area contributed by atoms with Gasteiger partial charge in [-0.1, -0.05) is 19.1 Å². The number of carbonyl (C=O) groups is 2. The van der Waals surface area contributed by atoms with Gasteiger partial charge in [0.2, 0.25) is 0 Å².